The molecule has 0 saturated carbocycles. The maximum absolute atomic E-state index is 3.67. The molecule has 1 unspecified atom stereocenters. The van der Waals surface area contributed by atoms with Gasteiger partial charge in [0.1, 0.15) is 0 Å². The predicted octanol–water partition coefficient (Wildman–Crippen LogP) is 5.56. The molecule has 1 nitrogen and oxygen atoms in total. The molecule has 0 bridgehead atoms. The Morgan fingerprint density at radius 1 is 1.21 bits per heavy atom. The summed E-state index contributed by atoms with van der Waals surface area (Å²) < 4.78 is 2.38. The van der Waals surface area contributed by atoms with Crippen LogP contribution in [0.25, 0.3) is 0 Å². The van der Waals surface area contributed by atoms with Gasteiger partial charge in [-0.05, 0) is 68.4 Å². The Morgan fingerprint density at radius 3 is 2.53 bits per heavy atom. The van der Waals surface area contributed by atoms with Gasteiger partial charge in [-0.1, -0.05) is 37.3 Å². The van der Waals surface area contributed by atoms with Gasteiger partial charge in [0, 0.05) is 6.04 Å². The van der Waals surface area contributed by atoms with Crippen molar-refractivity contribution in [1.29, 1.82) is 0 Å². The van der Waals surface area contributed by atoms with Crippen LogP contribution in [0.1, 0.15) is 30.5 Å². The Labute approximate surface area is 135 Å². The summed E-state index contributed by atoms with van der Waals surface area (Å²) in [5.41, 5.74) is 2.71. The van der Waals surface area contributed by atoms with Crippen LogP contribution in [0.5, 0.6) is 0 Å². The van der Waals surface area contributed by atoms with E-state index in [1.54, 1.807) is 11.3 Å². The van der Waals surface area contributed by atoms with E-state index in [0.29, 0.717) is 6.04 Å². The van der Waals surface area contributed by atoms with Crippen molar-refractivity contribution < 1.29 is 0 Å². The van der Waals surface area contributed by atoms with Gasteiger partial charge < -0.3 is 5.32 Å². The van der Waals surface area contributed by atoms with Gasteiger partial charge in [-0.3, -0.25) is 0 Å². The van der Waals surface area contributed by atoms with Crippen LogP contribution in [-0.4, -0.2) is 6.54 Å². The second-order valence-electron chi connectivity index (χ2n) is 4.48. The van der Waals surface area contributed by atoms with Crippen molar-refractivity contribution in [3.05, 3.63) is 55.1 Å². The fourth-order valence-corrected chi connectivity index (χ4v) is 5.02. The summed E-state index contributed by atoms with van der Waals surface area (Å²) in [5.74, 6) is 0. The molecule has 0 spiro atoms. The van der Waals surface area contributed by atoms with Crippen molar-refractivity contribution in [1.82, 2.24) is 5.32 Å². The third-order valence-corrected chi connectivity index (χ3v) is 5.37. The topological polar surface area (TPSA) is 12.0 Å². The molecule has 1 atom stereocenters. The first-order valence-corrected chi connectivity index (χ1v) is 8.83. The van der Waals surface area contributed by atoms with Crippen molar-refractivity contribution in [3.8, 4) is 0 Å². The Bertz CT molecular complexity index is 510. The first-order chi connectivity index (χ1) is 9.20. The van der Waals surface area contributed by atoms with Crippen molar-refractivity contribution in [2.24, 2.45) is 0 Å². The highest BCUT2D eigenvalue weighted by atomic mass is 79.9. The van der Waals surface area contributed by atoms with E-state index in [4.69, 9.17) is 0 Å². The number of rotatable bonds is 6. The lowest BCUT2D eigenvalue weighted by Gasteiger charge is -2.18. The Hall–Kier alpha value is -0.160. The first-order valence-electron chi connectivity index (χ1n) is 6.42. The largest absolute Gasteiger partial charge is 0.310 e. The maximum atomic E-state index is 3.67. The second-order valence-corrected chi connectivity index (χ2v) is 8.23. The lowest BCUT2D eigenvalue weighted by molar-refractivity contribution is 0.529. The molecule has 0 radical (unpaired) electrons. The van der Waals surface area contributed by atoms with Gasteiger partial charge in [0.25, 0.3) is 0 Å². The summed E-state index contributed by atoms with van der Waals surface area (Å²) in [6.07, 6.45) is 2.16. The highest BCUT2D eigenvalue weighted by Gasteiger charge is 2.17. The molecule has 0 aliphatic rings. The predicted molar refractivity (Wildman–Crippen MR) is 90.9 cm³/mol. The summed E-state index contributed by atoms with van der Waals surface area (Å²) >= 11 is 8.97. The van der Waals surface area contributed by atoms with Gasteiger partial charge in [-0.2, -0.15) is 0 Å². The molecule has 2 rings (SSSR count). The molecule has 1 N–H and O–H groups in total. The number of benzene rings is 1. The molecule has 19 heavy (non-hydrogen) atoms. The number of hydrogen-bond donors (Lipinski definition) is 1. The molecule has 0 amide bonds. The van der Waals surface area contributed by atoms with Crippen LogP contribution >= 0.6 is 43.2 Å². The summed E-state index contributed by atoms with van der Waals surface area (Å²) in [6.45, 7) is 3.24. The van der Waals surface area contributed by atoms with Gasteiger partial charge in [0.05, 0.1) is 7.57 Å². The zero-order valence-electron chi connectivity index (χ0n) is 10.8. The molecule has 4 heteroatoms. The van der Waals surface area contributed by atoms with Crippen molar-refractivity contribution in [3.63, 3.8) is 0 Å². The average Bonchev–Trinajstić information content (AvgIpc) is 2.75. The molecule has 0 aliphatic carbocycles. The van der Waals surface area contributed by atoms with E-state index in [2.05, 4.69) is 80.5 Å². The van der Waals surface area contributed by atoms with Crippen LogP contribution in [0.2, 0.25) is 0 Å². The normalized spacial score (nSPS) is 12.6. The molecular weight excluding hydrogens is 386 g/mol. The second kappa shape index (κ2) is 7.58. The fourth-order valence-electron chi connectivity index (χ4n) is 2.05. The van der Waals surface area contributed by atoms with Gasteiger partial charge in [-0.15, -0.1) is 11.3 Å². The van der Waals surface area contributed by atoms with Gasteiger partial charge in [0.2, 0.25) is 0 Å². The summed E-state index contributed by atoms with van der Waals surface area (Å²) in [5, 5.41) is 3.64. The highest BCUT2D eigenvalue weighted by Crippen LogP contribution is 2.36. The number of halogens is 2. The minimum Gasteiger partial charge on any atom is -0.310 e. The van der Waals surface area contributed by atoms with E-state index in [9.17, 15) is 0 Å². The Balaban J connectivity index is 2.18. The molecule has 0 fully saturated rings. The molecule has 102 valence electrons. The van der Waals surface area contributed by atoms with Crippen LogP contribution < -0.4 is 5.32 Å². The third-order valence-electron chi connectivity index (χ3n) is 2.98. The lowest BCUT2D eigenvalue weighted by Crippen LogP contribution is -2.24. The van der Waals surface area contributed by atoms with Crippen LogP contribution in [-0.2, 0) is 6.42 Å². The highest BCUT2D eigenvalue weighted by molar-refractivity contribution is 9.12. The summed E-state index contributed by atoms with van der Waals surface area (Å²) in [4.78, 5) is 0. The van der Waals surface area contributed by atoms with Crippen LogP contribution in [0.4, 0.5) is 0 Å². The zero-order valence-corrected chi connectivity index (χ0v) is 14.8. The minimum atomic E-state index is 0.360. The van der Waals surface area contributed by atoms with Crippen LogP contribution in [0.3, 0.4) is 0 Å². The number of nitrogens with one attached hydrogen (secondary N) is 1. The van der Waals surface area contributed by atoms with E-state index >= 15 is 0 Å². The summed E-state index contributed by atoms with van der Waals surface area (Å²) in [7, 11) is 0. The first kappa shape index (κ1) is 15.2. The van der Waals surface area contributed by atoms with Crippen LogP contribution in [0.15, 0.2) is 44.0 Å². The standard InChI is InChI=1S/C15H17Br2NS/c1-2-8-18-13(9-11-6-4-3-5-7-11)12-10-14(16)19-15(12)17/h3-7,10,13,18H,2,8-9H2,1H3. The van der Waals surface area contributed by atoms with E-state index in [1.165, 1.54) is 18.7 Å². The van der Waals surface area contributed by atoms with Crippen molar-refractivity contribution in [2.45, 2.75) is 25.8 Å². The van der Waals surface area contributed by atoms with E-state index in [1.807, 2.05) is 0 Å². The van der Waals surface area contributed by atoms with Gasteiger partial charge in [-0.25, -0.2) is 0 Å². The van der Waals surface area contributed by atoms with E-state index < -0.39 is 0 Å². The maximum Gasteiger partial charge on any atom is 0.0758 e. The van der Waals surface area contributed by atoms with E-state index in [0.717, 1.165) is 19.4 Å². The lowest BCUT2D eigenvalue weighted by atomic mass is 10.0. The number of thiophene rings is 1. The molecule has 1 heterocycles. The minimum absolute atomic E-state index is 0.360. The monoisotopic (exact) mass is 401 g/mol. The average molecular weight is 403 g/mol. The third kappa shape index (κ3) is 4.42. The summed E-state index contributed by atoms with van der Waals surface area (Å²) in [6, 6.07) is 13.2. The molecule has 2 aromatic rings. The van der Waals surface area contributed by atoms with Crippen molar-refractivity contribution >= 4 is 43.2 Å². The molecular formula is C15H17Br2NS. The molecule has 0 aliphatic heterocycles. The Morgan fingerprint density at radius 2 is 1.95 bits per heavy atom. The smallest absolute Gasteiger partial charge is 0.0758 e. The quantitative estimate of drug-likeness (QED) is 0.667. The van der Waals surface area contributed by atoms with Crippen molar-refractivity contribution in [2.75, 3.05) is 6.54 Å². The zero-order chi connectivity index (χ0) is 13.7. The SMILES string of the molecule is CCCNC(Cc1ccccc1)c1cc(Br)sc1Br. The molecule has 0 saturated heterocycles. The number of hydrogen-bond acceptors (Lipinski definition) is 2. The van der Waals surface area contributed by atoms with Gasteiger partial charge in [0.15, 0.2) is 0 Å². The Kier molecular flexibility index (Phi) is 6.07. The van der Waals surface area contributed by atoms with Gasteiger partial charge >= 0.3 is 0 Å². The molecule has 1 aromatic heterocycles. The van der Waals surface area contributed by atoms with E-state index in [-0.39, 0.29) is 0 Å². The molecule has 1 aromatic carbocycles. The van der Waals surface area contributed by atoms with Crippen LogP contribution in [0, 0.1) is 0 Å². The fraction of sp³-hybridized carbons (Fsp3) is 0.333.